The van der Waals surface area contributed by atoms with Gasteiger partial charge in [0.2, 0.25) is 0 Å². The summed E-state index contributed by atoms with van der Waals surface area (Å²) in [6, 6.07) is 0. The lowest BCUT2D eigenvalue weighted by molar-refractivity contribution is 0.309. The fourth-order valence-corrected chi connectivity index (χ4v) is 0.626. The number of hydrogen-bond donors (Lipinski definition) is 2. The van der Waals surface area contributed by atoms with Gasteiger partial charge in [-0.25, -0.2) is 0 Å². The first-order valence-electron chi connectivity index (χ1n) is 2.55. The Bertz CT molecular complexity index is 129. The molecule has 0 atom stereocenters. The van der Waals surface area contributed by atoms with Gasteiger partial charge in [-0.3, -0.25) is 0 Å². The van der Waals surface area contributed by atoms with Crippen LogP contribution >= 0.6 is 0 Å². The fourth-order valence-electron chi connectivity index (χ4n) is 0.626. The van der Waals surface area contributed by atoms with Gasteiger partial charge in [-0.1, -0.05) is 12.2 Å². The molecule has 2 nitrogen and oxygen atoms in total. The van der Waals surface area contributed by atoms with Crippen molar-refractivity contribution in [2.75, 3.05) is 0 Å². The monoisotopic (exact) mass is 112 g/mol. The summed E-state index contributed by atoms with van der Waals surface area (Å²) >= 11 is 0. The molecular formula is C6H8O2. The van der Waals surface area contributed by atoms with E-state index in [9.17, 15) is 0 Å². The average Bonchev–Trinajstić information content (AvgIpc) is 1.77. The van der Waals surface area contributed by atoms with Gasteiger partial charge in [0.05, 0.1) is 0 Å². The molecule has 0 aromatic heterocycles. The molecule has 0 saturated heterocycles. The highest BCUT2D eigenvalue weighted by Crippen LogP contribution is 2.13. The molecular weight excluding hydrogens is 104 g/mol. The minimum Gasteiger partial charge on any atom is -0.508 e. The summed E-state index contributed by atoms with van der Waals surface area (Å²) in [6.07, 6.45) is 4.61. The van der Waals surface area contributed by atoms with Crippen LogP contribution < -0.4 is 0 Å². The minimum absolute atomic E-state index is 0.104. The largest absolute Gasteiger partial charge is 0.508 e. The summed E-state index contributed by atoms with van der Waals surface area (Å²) in [4.78, 5) is 0. The maximum absolute atomic E-state index is 8.76. The molecule has 0 amide bonds. The molecule has 0 aromatic carbocycles. The van der Waals surface area contributed by atoms with Gasteiger partial charge in [0.1, 0.15) is 11.5 Å². The summed E-state index contributed by atoms with van der Waals surface area (Å²) in [5, 5.41) is 17.5. The third-order valence-corrected chi connectivity index (χ3v) is 1.12. The van der Waals surface area contributed by atoms with Crippen molar-refractivity contribution in [1.82, 2.24) is 0 Å². The van der Waals surface area contributed by atoms with E-state index in [2.05, 4.69) is 0 Å². The van der Waals surface area contributed by atoms with Crippen molar-refractivity contribution in [2.24, 2.45) is 0 Å². The number of aliphatic hydroxyl groups is 2. The summed E-state index contributed by atoms with van der Waals surface area (Å²) in [5.74, 6) is 0.208. The Hall–Kier alpha value is -0.920. The second-order valence-electron chi connectivity index (χ2n) is 1.77. The fraction of sp³-hybridized carbons (Fsp3) is 0.333. The standard InChI is InChI=1S/C6H8O2/c7-5-3-1-2-4-6(5)8/h1-2,7-8H,3-4H2. The lowest BCUT2D eigenvalue weighted by atomic mass is 10.1. The number of hydrogen-bond acceptors (Lipinski definition) is 2. The summed E-state index contributed by atoms with van der Waals surface area (Å²) < 4.78 is 0. The molecule has 2 N–H and O–H groups in total. The van der Waals surface area contributed by atoms with Gasteiger partial charge in [-0.2, -0.15) is 0 Å². The third-order valence-electron chi connectivity index (χ3n) is 1.12. The highest BCUT2D eigenvalue weighted by atomic mass is 16.3. The molecule has 0 spiro atoms. The predicted octanol–water partition coefficient (Wildman–Crippen LogP) is 1.66. The Morgan fingerprint density at radius 2 is 1.38 bits per heavy atom. The Kier molecular flexibility index (Phi) is 1.24. The topological polar surface area (TPSA) is 40.5 Å². The van der Waals surface area contributed by atoms with Crippen LogP contribution in [0.3, 0.4) is 0 Å². The van der Waals surface area contributed by atoms with Gasteiger partial charge in [-0.05, 0) is 0 Å². The molecule has 0 fully saturated rings. The van der Waals surface area contributed by atoms with E-state index in [0.29, 0.717) is 12.8 Å². The SMILES string of the molecule is OC1=C(O)CC=CC1. The van der Waals surface area contributed by atoms with Crippen molar-refractivity contribution in [1.29, 1.82) is 0 Å². The molecule has 44 valence electrons. The van der Waals surface area contributed by atoms with Crippen LogP contribution in [0.2, 0.25) is 0 Å². The van der Waals surface area contributed by atoms with Crippen LogP contribution in [0.5, 0.6) is 0 Å². The number of aliphatic hydroxyl groups excluding tert-OH is 2. The van der Waals surface area contributed by atoms with E-state index in [-0.39, 0.29) is 11.5 Å². The van der Waals surface area contributed by atoms with Crippen LogP contribution in [0.25, 0.3) is 0 Å². The molecule has 0 saturated carbocycles. The maximum Gasteiger partial charge on any atom is 0.134 e. The second kappa shape index (κ2) is 1.90. The van der Waals surface area contributed by atoms with Crippen LogP contribution in [0.1, 0.15) is 12.8 Å². The van der Waals surface area contributed by atoms with Crippen molar-refractivity contribution in [3.05, 3.63) is 23.7 Å². The lowest BCUT2D eigenvalue weighted by Crippen LogP contribution is -1.92. The van der Waals surface area contributed by atoms with E-state index in [1.807, 2.05) is 12.2 Å². The molecule has 0 radical (unpaired) electrons. The van der Waals surface area contributed by atoms with E-state index in [0.717, 1.165) is 0 Å². The van der Waals surface area contributed by atoms with E-state index >= 15 is 0 Å². The van der Waals surface area contributed by atoms with Gasteiger partial charge in [0.25, 0.3) is 0 Å². The first-order chi connectivity index (χ1) is 3.80. The molecule has 0 aromatic rings. The summed E-state index contributed by atoms with van der Waals surface area (Å²) in [6.45, 7) is 0. The normalized spacial score (nSPS) is 19.5. The van der Waals surface area contributed by atoms with E-state index in [1.54, 1.807) is 0 Å². The highest BCUT2D eigenvalue weighted by Gasteiger charge is 2.02. The van der Waals surface area contributed by atoms with Gasteiger partial charge in [-0.15, -0.1) is 0 Å². The van der Waals surface area contributed by atoms with Crippen LogP contribution in [-0.2, 0) is 0 Å². The van der Waals surface area contributed by atoms with Crippen molar-refractivity contribution < 1.29 is 10.2 Å². The Labute approximate surface area is 47.8 Å². The second-order valence-corrected chi connectivity index (χ2v) is 1.77. The molecule has 1 aliphatic rings. The van der Waals surface area contributed by atoms with Crippen molar-refractivity contribution in [2.45, 2.75) is 12.8 Å². The van der Waals surface area contributed by atoms with Gasteiger partial charge in [0, 0.05) is 12.8 Å². The zero-order valence-corrected chi connectivity index (χ0v) is 4.46. The van der Waals surface area contributed by atoms with Crippen LogP contribution in [0, 0.1) is 0 Å². The molecule has 8 heavy (non-hydrogen) atoms. The Balaban J connectivity index is 2.67. The van der Waals surface area contributed by atoms with E-state index in [4.69, 9.17) is 10.2 Å². The Morgan fingerprint density at radius 3 is 1.62 bits per heavy atom. The van der Waals surface area contributed by atoms with Gasteiger partial charge < -0.3 is 10.2 Å². The zero-order chi connectivity index (χ0) is 5.98. The van der Waals surface area contributed by atoms with Crippen LogP contribution in [0.4, 0.5) is 0 Å². The summed E-state index contributed by atoms with van der Waals surface area (Å²) in [7, 11) is 0. The van der Waals surface area contributed by atoms with Crippen LogP contribution in [-0.4, -0.2) is 10.2 Å². The lowest BCUT2D eigenvalue weighted by Gasteiger charge is -2.03. The van der Waals surface area contributed by atoms with E-state index in [1.165, 1.54) is 0 Å². The summed E-state index contributed by atoms with van der Waals surface area (Å²) in [5.41, 5.74) is 0. The number of rotatable bonds is 0. The molecule has 0 aliphatic heterocycles. The molecule has 0 heterocycles. The first kappa shape index (κ1) is 5.22. The van der Waals surface area contributed by atoms with Crippen molar-refractivity contribution in [3.63, 3.8) is 0 Å². The van der Waals surface area contributed by atoms with Crippen molar-refractivity contribution >= 4 is 0 Å². The van der Waals surface area contributed by atoms with Gasteiger partial charge >= 0.3 is 0 Å². The third kappa shape index (κ3) is 0.832. The molecule has 0 bridgehead atoms. The molecule has 1 aliphatic carbocycles. The van der Waals surface area contributed by atoms with Gasteiger partial charge in [0.15, 0.2) is 0 Å². The quantitative estimate of drug-likeness (QED) is 0.468. The van der Waals surface area contributed by atoms with Crippen molar-refractivity contribution in [3.8, 4) is 0 Å². The zero-order valence-electron chi connectivity index (χ0n) is 4.46. The predicted molar refractivity (Wildman–Crippen MR) is 30.7 cm³/mol. The average molecular weight is 112 g/mol. The molecule has 2 heteroatoms. The number of allylic oxidation sites excluding steroid dienone is 2. The maximum atomic E-state index is 8.76. The molecule has 0 unspecified atom stereocenters. The van der Waals surface area contributed by atoms with E-state index < -0.39 is 0 Å². The first-order valence-corrected chi connectivity index (χ1v) is 2.55. The smallest absolute Gasteiger partial charge is 0.134 e. The molecule has 1 rings (SSSR count). The highest BCUT2D eigenvalue weighted by molar-refractivity contribution is 5.12. The Morgan fingerprint density at radius 1 is 1.00 bits per heavy atom. The van der Waals surface area contributed by atoms with Crippen LogP contribution in [0.15, 0.2) is 23.7 Å². The minimum atomic E-state index is 0.104.